The zero-order valence-electron chi connectivity index (χ0n) is 21.0. The van der Waals surface area contributed by atoms with E-state index in [1.165, 1.54) is 12.8 Å². The lowest BCUT2D eigenvalue weighted by atomic mass is 10.1. The number of methoxy groups -OCH3 is 1. The molecule has 4 aromatic rings. The standard InChI is InChI=1S/C27H33N7O2/c1-27(2,35)16-30-26-32-24(23-25(33-26)34(17-31-23)19-8-4-5-9-19)29-15-18-12-13-21(28-14-18)20-10-6-7-11-22(20)36-3/h6-7,10-14,17,19,35H,4-5,8-9,15-16H2,1-3H3,(H2,29,30,32,33). The summed E-state index contributed by atoms with van der Waals surface area (Å²) in [7, 11) is 1.66. The Bertz CT molecular complexity index is 1320. The molecule has 3 N–H and O–H groups in total. The van der Waals surface area contributed by atoms with Crippen LogP contribution in [-0.2, 0) is 6.54 Å². The molecule has 5 rings (SSSR count). The van der Waals surface area contributed by atoms with Crippen molar-refractivity contribution in [2.45, 2.75) is 57.7 Å². The summed E-state index contributed by atoms with van der Waals surface area (Å²) in [5.74, 6) is 1.92. The Hall–Kier alpha value is -3.72. The number of aliphatic hydroxyl groups is 1. The Balaban J connectivity index is 1.39. The first-order chi connectivity index (χ1) is 17.4. The van der Waals surface area contributed by atoms with Crippen molar-refractivity contribution in [1.29, 1.82) is 0 Å². The number of rotatable bonds is 9. The first kappa shape index (κ1) is 24.0. The minimum absolute atomic E-state index is 0.337. The fourth-order valence-electron chi connectivity index (χ4n) is 4.59. The van der Waals surface area contributed by atoms with Gasteiger partial charge in [0.05, 0.1) is 24.7 Å². The summed E-state index contributed by atoms with van der Waals surface area (Å²) in [6.07, 6.45) is 8.45. The molecular weight excluding hydrogens is 454 g/mol. The Labute approximate surface area is 211 Å². The lowest BCUT2D eigenvalue weighted by molar-refractivity contribution is 0.0943. The van der Waals surface area contributed by atoms with Crippen molar-refractivity contribution >= 4 is 22.9 Å². The molecule has 9 nitrogen and oxygen atoms in total. The van der Waals surface area contributed by atoms with Crippen LogP contribution in [0.4, 0.5) is 11.8 Å². The van der Waals surface area contributed by atoms with Gasteiger partial charge in [0.25, 0.3) is 0 Å². The van der Waals surface area contributed by atoms with Gasteiger partial charge in [-0.2, -0.15) is 9.97 Å². The maximum Gasteiger partial charge on any atom is 0.226 e. The van der Waals surface area contributed by atoms with E-state index in [-0.39, 0.29) is 0 Å². The average Bonchev–Trinajstić information content (AvgIpc) is 3.56. The van der Waals surface area contributed by atoms with Gasteiger partial charge in [-0.15, -0.1) is 0 Å². The minimum atomic E-state index is -0.882. The van der Waals surface area contributed by atoms with Crippen molar-refractivity contribution in [3.8, 4) is 17.0 Å². The van der Waals surface area contributed by atoms with Crippen LogP contribution in [0.1, 0.15) is 51.1 Å². The highest BCUT2D eigenvalue weighted by atomic mass is 16.5. The molecule has 0 unspecified atom stereocenters. The van der Waals surface area contributed by atoms with Gasteiger partial charge < -0.3 is 25.0 Å². The van der Waals surface area contributed by atoms with Gasteiger partial charge in [-0.25, -0.2) is 4.98 Å². The van der Waals surface area contributed by atoms with Crippen LogP contribution in [-0.4, -0.2) is 48.9 Å². The van der Waals surface area contributed by atoms with Crippen LogP contribution in [0.2, 0.25) is 0 Å². The van der Waals surface area contributed by atoms with Gasteiger partial charge in [-0.1, -0.05) is 31.0 Å². The quantitative estimate of drug-likeness (QED) is 0.309. The van der Waals surface area contributed by atoms with E-state index < -0.39 is 5.60 Å². The Morgan fingerprint density at radius 1 is 1.06 bits per heavy atom. The van der Waals surface area contributed by atoms with Gasteiger partial charge in [-0.05, 0) is 50.5 Å². The first-order valence-electron chi connectivity index (χ1n) is 12.4. The summed E-state index contributed by atoms with van der Waals surface area (Å²) in [6, 6.07) is 12.3. The molecule has 0 aliphatic heterocycles. The van der Waals surface area contributed by atoms with Crippen LogP contribution in [0, 0.1) is 0 Å². The summed E-state index contributed by atoms with van der Waals surface area (Å²) in [4.78, 5) is 18.8. The Morgan fingerprint density at radius 3 is 2.58 bits per heavy atom. The monoisotopic (exact) mass is 487 g/mol. The second kappa shape index (κ2) is 10.1. The third-order valence-electron chi connectivity index (χ3n) is 6.49. The number of fused-ring (bicyclic) bond motifs is 1. The Kier molecular flexibility index (Phi) is 6.73. The summed E-state index contributed by atoms with van der Waals surface area (Å²) < 4.78 is 7.64. The normalized spacial score (nSPS) is 14.3. The largest absolute Gasteiger partial charge is 0.496 e. The maximum atomic E-state index is 10.2. The van der Waals surface area contributed by atoms with E-state index in [0.717, 1.165) is 46.6 Å². The highest BCUT2D eigenvalue weighted by Gasteiger charge is 2.22. The Morgan fingerprint density at radius 2 is 1.86 bits per heavy atom. The predicted octanol–water partition coefficient (Wildman–Crippen LogP) is 4.81. The van der Waals surface area contributed by atoms with E-state index in [1.807, 2.05) is 48.9 Å². The molecule has 0 saturated heterocycles. The molecule has 0 amide bonds. The fourth-order valence-corrected chi connectivity index (χ4v) is 4.59. The molecule has 3 heterocycles. The smallest absolute Gasteiger partial charge is 0.226 e. The number of nitrogens with one attached hydrogen (secondary N) is 2. The van der Waals surface area contributed by atoms with Crippen LogP contribution >= 0.6 is 0 Å². The van der Waals surface area contributed by atoms with Crippen molar-refractivity contribution in [3.63, 3.8) is 0 Å². The topological polar surface area (TPSA) is 110 Å². The van der Waals surface area contributed by atoms with Crippen molar-refractivity contribution in [1.82, 2.24) is 24.5 Å². The highest BCUT2D eigenvalue weighted by Crippen LogP contribution is 2.33. The number of hydrogen-bond acceptors (Lipinski definition) is 8. The van der Waals surface area contributed by atoms with Gasteiger partial charge in [-0.3, -0.25) is 4.98 Å². The molecule has 1 aliphatic carbocycles. The molecule has 36 heavy (non-hydrogen) atoms. The summed E-state index contributed by atoms with van der Waals surface area (Å²) in [5, 5.41) is 16.8. The van der Waals surface area contributed by atoms with Gasteiger partial charge in [0.2, 0.25) is 5.95 Å². The third-order valence-corrected chi connectivity index (χ3v) is 6.49. The molecule has 0 bridgehead atoms. The lowest BCUT2D eigenvalue weighted by Crippen LogP contribution is -2.30. The van der Waals surface area contributed by atoms with Crippen molar-refractivity contribution in [2.24, 2.45) is 0 Å². The summed E-state index contributed by atoms with van der Waals surface area (Å²) in [5.41, 5.74) is 3.50. The number of imidazole rings is 1. The van der Waals surface area contributed by atoms with Gasteiger partial charge in [0, 0.05) is 30.9 Å². The number of benzene rings is 1. The van der Waals surface area contributed by atoms with Gasteiger partial charge in [0.1, 0.15) is 5.75 Å². The van der Waals surface area contributed by atoms with E-state index in [1.54, 1.807) is 21.0 Å². The molecule has 0 spiro atoms. The lowest BCUT2D eigenvalue weighted by Gasteiger charge is -2.18. The molecule has 1 aliphatic rings. The van der Waals surface area contributed by atoms with Crippen LogP contribution < -0.4 is 15.4 Å². The molecule has 1 aromatic carbocycles. The zero-order valence-corrected chi connectivity index (χ0v) is 21.0. The number of ether oxygens (including phenoxy) is 1. The number of nitrogens with zero attached hydrogens (tertiary/aromatic N) is 5. The highest BCUT2D eigenvalue weighted by molar-refractivity contribution is 5.84. The first-order valence-corrected chi connectivity index (χ1v) is 12.4. The van der Waals surface area contributed by atoms with E-state index >= 15 is 0 Å². The summed E-state index contributed by atoms with van der Waals surface area (Å²) >= 11 is 0. The van der Waals surface area contributed by atoms with Crippen LogP contribution in [0.15, 0.2) is 48.9 Å². The average molecular weight is 488 g/mol. The number of anilines is 2. The minimum Gasteiger partial charge on any atom is -0.496 e. The second-order valence-corrected chi connectivity index (χ2v) is 9.93. The number of aromatic nitrogens is 5. The molecule has 188 valence electrons. The van der Waals surface area contributed by atoms with Crippen molar-refractivity contribution in [2.75, 3.05) is 24.3 Å². The van der Waals surface area contributed by atoms with E-state index in [0.29, 0.717) is 30.9 Å². The maximum absolute atomic E-state index is 10.2. The molecular formula is C27H33N7O2. The van der Waals surface area contributed by atoms with Crippen LogP contribution in [0.3, 0.4) is 0 Å². The van der Waals surface area contributed by atoms with Crippen LogP contribution in [0.5, 0.6) is 5.75 Å². The molecule has 0 atom stereocenters. The number of hydrogen-bond donors (Lipinski definition) is 3. The third kappa shape index (κ3) is 5.26. The number of para-hydroxylation sites is 1. The molecule has 9 heteroatoms. The summed E-state index contributed by atoms with van der Waals surface area (Å²) in [6.45, 7) is 4.38. The number of pyridine rings is 1. The fraction of sp³-hybridized carbons (Fsp3) is 0.407. The second-order valence-electron chi connectivity index (χ2n) is 9.93. The van der Waals surface area contributed by atoms with Gasteiger partial charge in [0.15, 0.2) is 17.0 Å². The van der Waals surface area contributed by atoms with Crippen molar-refractivity contribution < 1.29 is 9.84 Å². The van der Waals surface area contributed by atoms with Gasteiger partial charge >= 0.3 is 0 Å². The van der Waals surface area contributed by atoms with Crippen LogP contribution in [0.25, 0.3) is 22.4 Å². The predicted molar refractivity (Wildman–Crippen MR) is 141 cm³/mol. The molecule has 3 aromatic heterocycles. The SMILES string of the molecule is COc1ccccc1-c1ccc(CNc2nc(NCC(C)(C)O)nc3c2ncn3C2CCCC2)cn1. The van der Waals surface area contributed by atoms with Crippen molar-refractivity contribution in [3.05, 3.63) is 54.5 Å². The van der Waals surface area contributed by atoms with E-state index in [4.69, 9.17) is 9.72 Å². The molecule has 0 radical (unpaired) electrons. The zero-order chi connectivity index (χ0) is 25.1. The van der Waals surface area contributed by atoms with E-state index in [2.05, 4.69) is 30.2 Å². The van der Waals surface area contributed by atoms with E-state index in [9.17, 15) is 5.11 Å². The molecule has 1 fully saturated rings. The molecule has 1 saturated carbocycles.